The van der Waals surface area contributed by atoms with Gasteiger partial charge in [0.2, 0.25) is 16.9 Å². The first kappa shape index (κ1) is 20.8. The topological polar surface area (TPSA) is 95.4 Å². The number of benzene rings is 2. The molecule has 0 unspecified atom stereocenters. The largest absolute Gasteiger partial charge is 0.508 e. The van der Waals surface area contributed by atoms with Crippen LogP contribution in [0, 0.1) is 0 Å². The first-order chi connectivity index (χ1) is 14.7. The standard InChI is InChI=1S/C20H15F3N4O3S/c21-20(22,23)12-3-5-13(6-4-12)27-15(9-10-16(27)29)18(30)25-19-24-17(26-31-19)11-1-7-14(28)8-2-11/h1-8,15,28H,9-10H2,(H,24,25,26,30)/t15-/m0/s1. The molecule has 7 nitrogen and oxygen atoms in total. The lowest BCUT2D eigenvalue weighted by Crippen LogP contribution is -2.41. The van der Waals surface area contributed by atoms with Crippen molar-refractivity contribution in [2.75, 3.05) is 10.2 Å². The van der Waals surface area contributed by atoms with Crippen molar-refractivity contribution in [1.82, 2.24) is 9.36 Å². The van der Waals surface area contributed by atoms with E-state index in [0.29, 0.717) is 11.4 Å². The minimum atomic E-state index is -4.49. The fourth-order valence-electron chi connectivity index (χ4n) is 3.26. The number of hydrogen-bond acceptors (Lipinski definition) is 6. The average Bonchev–Trinajstić information content (AvgIpc) is 3.34. The Balaban J connectivity index is 1.50. The molecule has 0 aliphatic carbocycles. The quantitative estimate of drug-likeness (QED) is 0.628. The van der Waals surface area contributed by atoms with Crippen molar-refractivity contribution >= 4 is 34.2 Å². The van der Waals surface area contributed by atoms with Gasteiger partial charge in [0.25, 0.3) is 0 Å². The minimum Gasteiger partial charge on any atom is -0.508 e. The smallest absolute Gasteiger partial charge is 0.416 e. The molecule has 160 valence electrons. The van der Waals surface area contributed by atoms with E-state index in [0.717, 1.165) is 23.7 Å². The number of carbonyl (C=O) groups excluding carboxylic acids is 2. The number of anilines is 2. The molecular weight excluding hydrogens is 433 g/mol. The number of carbonyl (C=O) groups is 2. The van der Waals surface area contributed by atoms with E-state index < -0.39 is 23.7 Å². The van der Waals surface area contributed by atoms with Crippen molar-refractivity contribution < 1.29 is 27.9 Å². The van der Waals surface area contributed by atoms with E-state index in [-0.39, 0.29) is 35.3 Å². The van der Waals surface area contributed by atoms with E-state index in [1.54, 1.807) is 12.1 Å². The van der Waals surface area contributed by atoms with Gasteiger partial charge in [0.05, 0.1) is 5.56 Å². The Labute approximate surface area is 178 Å². The third kappa shape index (κ3) is 4.36. The number of nitrogens with one attached hydrogen (secondary N) is 1. The lowest BCUT2D eigenvalue weighted by Gasteiger charge is -2.24. The molecule has 0 bridgehead atoms. The molecule has 0 saturated carbocycles. The van der Waals surface area contributed by atoms with Crippen molar-refractivity contribution in [2.45, 2.75) is 25.1 Å². The van der Waals surface area contributed by atoms with Crippen LogP contribution in [0.2, 0.25) is 0 Å². The lowest BCUT2D eigenvalue weighted by molar-refractivity contribution is -0.137. The first-order valence-electron chi connectivity index (χ1n) is 9.15. The molecular formula is C20H15F3N4O3S. The summed E-state index contributed by atoms with van der Waals surface area (Å²) < 4.78 is 42.6. The van der Waals surface area contributed by atoms with Gasteiger partial charge in [0, 0.05) is 29.2 Å². The maximum atomic E-state index is 12.8. The molecule has 1 fully saturated rings. The molecule has 1 aliphatic rings. The van der Waals surface area contributed by atoms with Gasteiger partial charge in [-0.25, -0.2) is 0 Å². The molecule has 1 atom stereocenters. The van der Waals surface area contributed by atoms with Crippen molar-refractivity contribution in [1.29, 1.82) is 0 Å². The Kier molecular flexibility index (Phi) is 5.36. The van der Waals surface area contributed by atoms with Crippen LogP contribution in [0.5, 0.6) is 5.75 Å². The van der Waals surface area contributed by atoms with Crippen LogP contribution in [0.1, 0.15) is 18.4 Å². The molecule has 0 spiro atoms. The van der Waals surface area contributed by atoms with Gasteiger partial charge in [-0.3, -0.25) is 19.8 Å². The molecule has 0 radical (unpaired) electrons. The van der Waals surface area contributed by atoms with Gasteiger partial charge in [0.1, 0.15) is 11.8 Å². The summed E-state index contributed by atoms with van der Waals surface area (Å²) in [5.41, 5.74) is 0.0363. The van der Waals surface area contributed by atoms with E-state index in [1.807, 2.05) is 0 Å². The maximum Gasteiger partial charge on any atom is 0.416 e. The second-order valence-corrected chi connectivity index (χ2v) is 7.57. The molecule has 2 N–H and O–H groups in total. The van der Waals surface area contributed by atoms with E-state index in [4.69, 9.17) is 0 Å². The number of hydrogen-bond donors (Lipinski definition) is 2. The first-order valence-corrected chi connectivity index (χ1v) is 9.93. The number of alkyl halides is 3. The molecule has 2 heterocycles. The highest BCUT2D eigenvalue weighted by atomic mass is 32.1. The third-order valence-corrected chi connectivity index (χ3v) is 5.40. The fraction of sp³-hybridized carbons (Fsp3) is 0.200. The van der Waals surface area contributed by atoms with Gasteiger partial charge in [0.15, 0.2) is 5.82 Å². The third-order valence-electron chi connectivity index (χ3n) is 4.77. The number of rotatable bonds is 4. The molecule has 1 aromatic heterocycles. The van der Waals surface area contributed by atoms with E-state index >= 15 is 0 Å². The highest BCUT2D eigenvalue weighted by Crippen LogP contribution is 2.33. The van der Waals surface area contributed by atoms with Gasteiger partial charge in [-0.1, -0.05) is 0 Å². The predicted molar refractivity (Wildman–Crippen MR) is 108 cm³/mol. The normalized spacial score (nSPS) is 16.5. The van der Waals surface area contributed by atoms with E-state index in [9.17, 15) is 27.9 Å². The van der Waals surface area contributed by atoms with Crippen LogP contribution in [-0.4, -0.2) is 32.3 Å². The number of phenols is 1. The molecule has 31 heavy (non-hydrogen) atoms. The molecule has 4 rings (SSSR count). The SMILES string of the molecule is O=C(Nc1nc(-c2ccc(O)cc2)ns1)[C@@H]1CCC(=O)N1c1ccc(C(F)(F)F)cc1. The van der Waals surface area contributed by atoms with Crippen LogP contribution < -0.4 is 10.2 Å². The van der Waals surface area contributed by atoms with Gasteiger partial charge in [-0.15, -0.1) is 0 Å². The number of aromatic hydroxyl groups is 1. The zero-order valence-corrected chi connectivity index (χ0v) is 16.6. The number of phenolic OH excluding ortho intramolecular Hbond substituents is 1. The fourth-order valence-corrected chi connectivity index (χ4v) is 3.85. The summed E-state index contributed by atoms with van der Waals surface area (Å²) in [5, 5.41) is 12.2. The Morgan fingerprint density at radius 2 is 1.81 bits per heavy atom. The number of aromatic nitrogens is 2. The van der Waals surface area contributed by atoms with E-state index in [1.165, 1.54) is 29.2 Å². The highest BCUT2D eigenvalue weighted by Gasteiger charge is 2.38. The van der Waals surface area contributed by atoms with Crippen LogP contribution in [-0.2, 0) is 15.8 Å². The van der Waals surface area contributed by atoms with Crippen LogP contribution >= 0.6 is 11.5 Å². The highest BCUT2D eigenvalue weighted by molar-refractivity contribution is 7.10. The number of halogens is 3. The van der Waals surface area contributed by atoms with Gasteiger partial charge in [-0.05, 0) is 55.0 Å². The summed E-state index contributed by atoms with van der Waals surface area (Å²) >= 11 is 0.954. The maximum absolute atomic E-state index is 12.8. The second kappa shape index (κ2) is 7.99. The van der Waals surface area contributed by atoms with E-state index in [2.05, 4.69) is 14.7 Å². The number of nitrogens with zero attached hydrogens (tertiary/aromatic N) is 3. The Morgan fingerprint density at radius 1 is 1.13 bits per heavy atom. The minimum absolute atomic E-state index is 0.0989. The zero-order chi connectivity index (χ0) is 22.2. The number of amides is 2. The van der Waals surface area contributed by atoms with Crippen molar-refractivity contribution in [2.24, 2.45) is 0 Å². The molecule has 11 heteroatoms. The Hall–Kier alpha value is -3.47. The summed E-state index contributed by atoms with van der Waals surface area (Å²) in [6.07, 6.45) is -4.15. The van der Waals surface area contributed by atoms with Crippen molar-refractivity contribution in [3.05, 3.63) is 54.1 Å². The molecule has 2 amide bonds. The molecule has 3 aromatic rings. The van der Waals surface area contributed by atoms with Crippen molar-refractivity contribution in [3.63, 3.8) is 0 Å². The zero-order valence-electron chi connectivity index (χ0n) is 15.8. The van der Waals surface area contributed by atoms with Crippen molar-refractivity contribution in [3.8, 4) is 17.1 Å². The summed E-state index contributed by atoms with van der Waals surface area (Å²) in [6.45, 7) is 0. The van der Waals surface area contributed by atoms with Gasteiger partial charge in [-0.2, -0.15) is 22.5 Å². The van der Waals surface area contributed by atoms with Gasteiger partial charge < -0.3 is 5.11 Å². The van der Waals surface area contributed by atoms with Crippen LogP contribution in [0.15, 0.2) is 48.5 Å². The summed E-state index contributed by atoms with van der Waals surface area (Å²) in [4.78, 5) is 30.5. The van der Waals surface area contributed by atoms with Gasteiger partial charge >= 0.3 is 6.18 Å². The lowest BCUT2D eigenvalue weighted by atomic mass is 10.1. The second-order valence-electron chi connectivity index (χ2n) is 6.82. The average molecular weight is 448 g/mol. The molecule has 1 saturated heterocycles. The Morgan fingerprint density at radius 3 is 2.45 bits per heavy atom. The molecule has 2 aromatic carbocycles. The Bertz CT molecular complexity index is 1110. The van der Waals surface area contributed by atoms with Crippen LogP contribution in [0.3, 0.4) is 0 Å². The summed E-state index contributed by atoms with van der Waals surface area (Å²) in [6, 6.07) is 9.48. The molecule has 1 aliphatic heterocycles. The van der Waals surface area contributed by atoms with Crippen LogP contribution in [0.4, 0.5) is 24.0 Å². The monoisotopic (exact) mass is 448 g/mol. The van der Waals surface area contributed by atoms with Crippen LogP contribution in [0.25, 0.3) is 11.4 Å². The summed E-state index contributed by atoms with van der Waals surface area (Å²) in [5.74, 6) is -0.384. The summed E-state index contributed by atoms with van der Waals surface area (Å²) in [7, 11) is 0. The predicted octanol–water partition coefficient (Wildman–Crippen LogP) is 4.06.